The van der Waals surface area contributed by atoms with E-state index in [4.69, 9.17) is 10.8 Å². The Bertz CT molecular complexity index is 612. The molecule has 0 aromatic heterocycles. The summed E-state index contributed by atoms with van der Waals surface area (Å²) in [5, 5.41) is 9.04. The quantitative estimate of drug-likeness (QED) is 0.768. The monoisotopic (exact) mass is 430 g/mol. The van der Waals surface area contributed by atoms with E-state index in [0.717, 1.165) is 4.47 Å². The molecule has 1 aromatic carbocycles. The SMILES string of the molecule is Cl.NC(=O)C(c1ccc(Br)cc1)N1C[C@@H](C(F)(F)F)[C@H](C(=O)O)C1. The number of amides is 1. The van der Waals surface area contributed by atoms with Crippen LogP contribution in [0.1, 0.15) is 11.6 Å². The Labute approximate surface area is 150 Å². The standard InChI is InChI=1S/C14H14BrF3N2O3.ClH/c15-8-3-1-7(2-4-8)11(12(19)21)20-5-9(13(22)23)10(6-20)14(16,17)18;/h1-4,9-11H,5-6H2,(H2,19,21)(H,22,23);1H/t9-,10-,11?;/m1./s1. The molecule has 1 aliphatic heterocycles. The van der Waals surface area contributed by atoms with E-state index in [9.17, 15) is 22.8 Å². The Hall–Kier alpha value is -1.32. The minimum atomic E-state index is -4.65. The van der Waals surface area contributed by atoms with Crippen LogP contribution in [0.15, 0.2) is 28.7 Å². The van der Waals surface area contributed by atoms with Gasteiger partial charge in [-0.3, -0.25) is 14.5 Å². The number of carboxylic acid groups (broad SMARTS) is 1. The van der Waals surface area contributed by atoms with Gasteiger partial charge in [-0.1, -0.05) is 28.1 Å². The Balaban J connectivity index is 0.00000288. The molecule has 1 aliphatic rings. The van der Waals surface area contributed by atoms with E-state index in [1.165, 1.54) is 4.90 Å². The highest BCUT2D eigenvalue weighted by Crippen LogP contribution is 2.40. The van der Waals surface area contributed by atoms with Crippen LogP contribution >= 0.6 is 28.3 Å². The van der Waals surface area contributed by atoms with E-state index in [2.05, 4.69) is 15.9 Å². The summed E-state index contributed by atoms with van der Waals surface area (Å²) in [4.78, 5) is 24.1. The summed E-state index contributed by atoms with van der Waals surface area (Å²) in [6.45, 7) is -0.965. The summed E-state index contributed by atoms with van der Waals surface area (Å²) in [6, 6.07) is 5.30. The number of carbonyl (C=O) groups excluding carboxylic acids is 1. The van der Waals surface area contributed by atoms with Crippen molar-refractivity contribution in [1.29, 1.82) is 0 Å². The van der Waals surface area contributed by atoms with E-state index in [-0.39, 0.29) is 19.0 Å². The largest absolute Gasteiger partial charge is 0.481 e. The van der Waals surface area contributed by atoms with Crippen molar-refractivity contribution in [2.24, 2.45) is 17.6 Å². The number of benzene rings is 1. The topological polar surface area (TPSA) is 83.6 Å². The third-order valence-electron chi connectivity index (χ3n) is 3.91. The van der Waals surface area contributed by atoms with Crippen LogP contribution < -0.4 is 5.73 Å². The van der Waals surface area contributed by atoms with E-state index in [1.54, 1.807) is 24.3 Å². The van der Waals surface area contributed by atoms with E-state index >= 15 is 0 Å². The van der Waals surface area contributed by atoms with Gasteiger partial charge < -0.3 is 10.8 Å². The number of halogens is 5. The first-order valence-electron chi connectivity index (χ1n) is 6.69. The second-order valence-electron chi connectivity index (χ2n) is 5.40. The van der Waals surface area contributed by atoms with Gasteiger partial charge in [0.05, 0.1) is 11.8 Å². The first-order valence-corrected chi connectivity index (χ1v) is 7.49. The predicted octanol–water partition coefficient (Wildman–Crippen LogP) is 2.59. The minimum absolute atomic E-state index is 0. The maximum atomic E-state index is 13.1. The number of carboxylic acids is 1. The van der Waals surface area contributed by atoms with Crippen molar-refractivity contribution in [1.82, 2.24) is 4.90 Å². The molecule has 1 unspecified atom stereocenters. The van der Waals surface area contributed by atoms with Crippen LogP contribution in [0.3, 0.4) is 0 Å². The minimum Gasteiger partial charge on any atom is -0.481 e. The number of likely N-dealkylation sites (tertiary alicyclic amines) is 1. The van der Waals surface area contributed by atoms with Crippen LogP contribution in [-0.2, 0) is 9.59 Å². The fourth-order valence-corrected chi connectivity index (χ4v) is 3.09. The number of carbonyl (C=O) groups is 2. The molecule has 1 fully saturated rings. The van der Waals surface area contributed by atoms with Crippen molar-refractivity contribution >= 4 is 40.2 Å². The molecule has 134 valence electrons. The fraction of sp³-hybridized carbons (Fsp3) is 0.429. The third-order valence-corrected chi connectivity index (χ3v) is 4.43. The fourth-order valence-electron chi connectivity index (χ4n) is 2.83. The number of rotatable bonds is 4. The van der Waals surface area contributed by atoms with Crippen molar-refractivity contribution < 1.29 is 27.9 Å². The van der Waals surface area contributed by atoms with Gasteiger partial charge in [-0.25, -0.2) is 0 Å². The molecule has 3 atom stereocenters. The van der Waals surface area contributed by atoms with E-state index in [1.807, 2.05) is 0 Å². The molecular formula is C14H15BrClF3N2O3. The van der Waals surface area contributed by atoms with Crippen LogP contribution in [0, 0.1) is 11.8 Å². The molecule has 0 radical (unpaired) electrons. The van der Waals surface area contributed by atoms with Gasteiger partial charge in [0.1, 0.15) is 6.04 Å². The van der Waals surface area contributed by atoms with Gasteiger partial charge in [0.25, 0.3) is 0 Å². The number of hydrogen-bond donors (Lipinski definition) is 2. The average Bonchev–Trinajstić information content (AvgIpc) is 2.86. The number of alkyl halides is 3. The zero-order valence-electron chi connectivity index (χ0n) is 12.2. The Morgan fingerprint density at radius 1 is 1.25 bits per heavy atom. The Morgan fingerprint density at radius 2 is 1.79 bits per heavy atom. The predicted molar refractivity (Wildman–Crippen MR) is 85.6 cm³/mol. The molecule has 5 nitrogen and oxygen atoms in total. The average molecular weight is 432 g/mol. The summed E-state index contributed by atoms with van der Waals surface area (Å²) in [5.41, 5.74) is 5.77. The second-order valence-corrected chi connectivity index (χ2v) is 6.32. The number of nitrogens with zero attached hydrogens (tertiary/aromatic N) is 1. The molecule has 10 heteroatoms. The van der Waals surface area contributed by atoms with Crippen molar-refractivity contribution in [3.05, 3.63) is 34.3 Å². The summed E-state index contributed by atoms with van der Waals surface area (Å²) < 4.78 is 39.9. The van der Waals surface area contributed by atoms with Gasteiger partial charge >= 0.3 is 12.1 Å². The van der Waals surface area contributed by atoms with Crippen LogP contribution in [-0.4, -0.2) is 41.1 Å². The molecule has 0 spiro atoms. The van der Waals surface area contributed by atoms with E-state index < -0.39 is 42.5 Å². The molecule has 24 heavy (non-hydrogen) atoms. The van der Waals surface area contributed by atoms with Crippen LogP contribution in [0.25, 0.3) is 0 Å². The van der Waals surface area contributed by atoms with Gasteiger partial charge in [0.2, 0.25) is 5.91 Å². The Morgan fingerprint density at radius 3 is 2.17 bits per heavy atom. The summed E-state index contributed by atoms with van der Waals surface area (Å²) >= 11 is 3.22. The molecule has 1 aromatic rings. The third kappa shape index (κ3) is 4.40. The summed E-state index contributed by atoms with van der Waals surface area (Å²) in [7, 11) is 0. The highest BCUT2D eigenvalue weighted by atomic mass is 79.9. The molecule has 0 aliphatic carbocycles. The number of nitrogens with two attached hydrogens (primary N) is 1. The lowest BCUT2D eigenvalue weighted by Crippen LogP contribution is -2.37. The lowest BCUT2D eigenvalue weighted by atomic mass is 9.96. The van der Waals surface area contributed by atoms with Crippen LogP contribution in [0.2, 0.25) is 0 Å². The number of primary amides is 1. The van der Waals surface area contributed by atoms with E-state index in [0.29, 0.717) is 5.56 Å². The summed E-state index contributed by atoms with van der Waals surface area (Å²) in [5.74, 6) is -6.00. The second kappa shape index (κ2) is 7.71. The summed E-state index contributed by atoms with van der Waals surface area (Å²) in [6.07, 6.45) is -4.65. The smallest absolute Gasteiger partial charge is 0.393 e. The van der Waals surface area contributed by atoms with Gasteiger partial charge in [0, 0.05) is 17.6 Å². The lowest BCUT2D eigenvalue weighted by Gasteiger charge is -2.25. The zero-order valence-corrected chi connectivity index (χ0v) is 14.6. The Kier molecular flexibility index (Phi) is 6.66. The highest BCUT2D eigenvalue weighted by Gasteiger charge is 2.54. The first-order chi connectivity index (χ1) is 10.6. The van der Waals surface area contributed by atoms with Gasteiger partial charge in [-0.2, -0.15) is 13.2 Å². The highest BCUT2D eigenvalue weighted by molar-refractivity contribution is 9.10. The van der Waals surface area contributed by atoms with Crippen LogP contribution in [0.4, 0.5) is 13.2 Å². The molecule has 1 amide bonds. The number of aliphatic carboxylic acids is 1. The maximum absolute atomic E-state index is 13.1. The molecular weight excluding hydrogens is 417 g/mol. The normalized spacial score (nSPS) is 22.7. The van der Waals surface area contributed by atoms with Crippen LogP contribution in [0.5, 0.6) is 0 Å². The van der Waals surface area contributed by atoms with Gasteiger partial charge in [0.15, 0.2) is 0 Å². The molecule has 1 saturated heterocycles. The first kappa shape index (κ1) is 20.7. The molecule has 2 rings (SSSR count). The van der Waals surface area contributed by atoms with Gasteiger partial charge in [-0.05, 0) is 17.7 Å². The zero-order chi connectivity index (χ0) is 17.4. The molecule has 0 saturated carbocycles. The molecule has 0 bridgehead atoms. The molecule has 3 N–H and O–H groups in total. The van der Waals surface area contributed by atoms with Crippen molar-refractivity contribution in [3.63, 3.8) is 0 Å². The lowest BCUT2D eigenvalue weighted by molar-refractivity contribution is -0.188. The molecule has 1 heterocycles. The number of hydrogen-bond acceptors (Lipinski definition) is 3. The van der Waals surface area contributed by atoms with Crippen molar-refractivity contribution in [3.8, 4) is 0 Å². The van der Waals surface area contributed by atoms with Crippen molar-refractivity contribution in [2.75, 3.05) is 13.1 Å². The van der Waals surface area contributed by atoms with Crippen molar-refractivity contribution in [2.45, 2.75) is 12.2 Å². The van der Waals surface area contributed by atoms with Gasteiger partial charge in [-0.15, -0.1) is 12.4 Å². The maximum Gasteiger partial charge on any atom is 0.393 e.